The highest BCUT2D eigenvalue weighted by Gasteiger charge is 2.37. The van der Waals surface area contributed by atoms with E-state index in [9.17, 15) is 14.4 Å². The molecule has 0 radical (unpaired) electrons. The van der Waals surface area contributed by atoms with E-state index in [4.69, 9.17) is 62.7 Å². The minimum atomic E-state index is -0.919. The number of urea groups is 1. The molecule has 0 atom stereocenters. The third-order valence-corrected chi connectivity index (χ3v) is 6.63. The van der Waals surface area contributed by atoms with Crippen molar-refractivity contribution in [1.82, 2.24) is 5.32 Å². The number of carbonyl (C=O) groups is 3. The lowest BCUT2D eigenvalue weighted by Crippen LogP contribution is -2.54. The highest BCUT2D eigenvalue weighted by Crippen LogP contribution is 2.31. The molecule has 1 saturated heterocycles. The molecule has 1 fully saturated rings. The zero-order valence-electron chi connectivity index (χ0n) is 17.5. The van der Waals surface area contributed by atoms with Crippen LogP contribution < -0.4 is 15.0 Å². The van der Waals surface area contributed by atoms with Crippen LogP contribution in [0.25, 0.3) is 6.08 Å². The van der Waals surface area contributed by atoms with Crippen molar-refractivity contribution in [3.8, 4) is 5.75 Å². The van der Waals surface area contributed by atoms with Crippen molar-refractivity contribution in [3.05, 3.63) is 96.4 Å². The first-order chi connectivity index (χ1) is 16.6. The average molecular weight is 571 g/mol. The van der Waals surface area contributed by atoms with E-state index in [0.29, 0.717) is 26.4 Å². The molecule has 1 heterocycles. The molecule has 3 aromatic carbocycles. The molecule has 0 saturated carbocycles. The Kier molecular flexibility index (Phi) is 7.59. The number of rotatable bonds is 5. The number of barbiturate groups is 1. The van der Waals surface area contributed by atoms with Crippen LogP contribution in [-0.2, 0) is 16.2 Å². The lowest BCUT2D eigenvalue weighted by atomic mass is 10.1. The standard InChI is InChI=1S/C24H13Cl5N2O4/c25-14-2-6-21(35-11-12-1-4-17(26)19(28)7-12)13(8-14)9-16-22(32)30-24(34)31(23(16)33)15-3-5-18(27)20(29)10-15/h1-10H,11H2,(H,30,32,34)/b16-9+. The fourth-order valence-electron chi connectivity index (χ4n) is 3.23. The Hall–Kier alpha value is -2.74. The molecule has 11 heteroatoms. The molecular formula is C24H13Cl5N2O4. The predicted molar refractivity (Wildman–Crippen MR) is 138 cm³/mol. The summed E-state index contributed by atoms with van der Waals surface area (Å²) < 4.78 is 5.89. The molecule has 0 spiro atoms. The van der Waals surface area contributed by atoms with Crippen LogP contribution in [-0.4, -0.2) is 17.8 Å². The Balaban J connectivity index is 1.67. The Bertz CT molecular complexity index is 1410. The molecule has 4 rings (SSSR count). The second-order valence-corrected chi connectivity index (χ2v) is 9.34. The van der Waals surface area contributed by atoms with Crippen LogP contribution in [0.15, 0.2) is 60.2 Å². The van der Waals surface area contributed by atoms with E-state index in [1.807, 2.05) is 0 Å². The lowest BCUT2D eigenvalue weighted by molar-refractivity contribution is -0.122. The summed E-state index contributed by atoms with van der Waals surface area (Å²) in [5.74, 6) is -1.38. The number of nitrogens with zero attached hydrogens (tertiary/aromatic N) is 1. The van der Waals surface area contributed by atoms with Crippen molar-refractivity contribution < 1.29 is 19.1 Å². The van der Waals surface area contributed by atoms with Crippen molar-refractivity contribution in [2.24, 2.45) is 0 Å². The summed E-state index contributed by atoms with van der Waals surface area (Å²) in [5, 5.41) is 3.67. The third-order valence-electron chi connectivity index (χ3n) is 4.91. The van der Waals surface area contributed by atoms with Crippen molar-refractivity contribution >= 4 is 87.6 Å². The number of hydrogen-bond donors (Lipinski definition) is 1. The van der Waals surface area contributed by atoms with Gasteiger partial charge in [-0.05, 0) is 60.2 Å². The molecule has 1 aliphatic heterocycles. The summed E-state index contributed by atoms with van der Waals surface area (Å²) in [7, 11) is 0. The SMILES string of the molecule is O=C1NC(=O)N(c2ccc(Cl)c(Cl)c2)C(=O)/C1=C/c1cc(Cl)ccc1OCc1ccc(Cl)c(Cl)c1. The maximum atomic E-state index is 13.2. The van der Waals surface area contributed by atoms with E-state index < -0.39 is 17.8 Å². The maximum absolute atomic E-state index is 13.2. The normalized spacial score (nSPS) is 14.9. The van der Waals surface area contributed by atoms with Crippen molar-refractivity contribution in [1.29, 1.82) is 0 Å². The van der Waals surface area contributed by atoms with Crippen LogP contribution >= 0.6 is 58.0 Å². The monoisotopic (exact) mass is 568 g/mol. The predicted octanol–water partition coefficient (Wildman–Crippen LogP) is 7.20. The smallest absolute Gasteiger partial charge is 0.335 e. The fraction of sp³-hybridized carbons (Fsp3) is 0.0417. The molecule has 0 aromatic heterocycles. The van der Waals surface area contributed by atoms with E-state index in [-0.39, 0.29) is 27.9 Å². The number of anilines is 1. The molecule has 0 aliphatic carbocycles. The second kappa shape index (κ2) is 10.5. The van der Waals surface area contributed by atoms with Crippen LogP contribution in [0.4, 0.5) is 10.5 Å². The van der Waals surface area contributed by atoms with Gasteiger partial charge in [0.05, 0.1) is 25.8 Å². The van der Waals surface area contributed by atoms with Gasteiger partial charge in [0.2, 0.25) is 0 Å². The van der Waals surface area contributed by atoms with Crippen molar-refractivity contribution in [2.45, 2.75) is 6.61 Å². The summed E-state index contributed by atoms with van der Waals surface area (Å²) in [4.78, 5) is 39.0. The van der Waals surface area contributed by atoms with Crippen LogP contribution in [0, 0.1) is 0 Å². The zero-order chi connectivity index (χ0) is 25.3. The first kappa shape index (κ1) is 25.4. The minimum Gasteiger partial charge on any atom is -0.488 e. The van der Waals surface area contributed by atoms with Crippen LogP contribution in [0.5, 0.6) is 5.75 Å². The van der Waals surface area contributed by atoms with Gasteiger partial charge >= 0.3 is 6.03 Å². The lowest BCUT2D eigenvalue weighted by Gasteiger charge is -2.26. The Morgan fingerprint density at radius 1 is 0.800 bits per heavy atom. The summed E-state index contributed by atoms with van der Waals surface area (Å²) in [6.45, 7) is 0.128. The molecule has 35 heavy (non-hydrogen) atoms. The van der Waals surface area contributed by atoms with Crippen LogP contribution in [0.2, 0.25) is 25.1 Å². The van der Waals surface area contributed by atoms with Gasteiger partial charge in [0.15, 0.2) is 0 Å². The van der Waals surface area contributed by atoms with E-state index in [1.54, 1.807) is 30.3 Å². The summed E-state index contributed by atoms with van der Waals surface area (Å²) >= 11 is 30.1. The molecule has 1 N–H and O–H groups in total. The molecule has 3 aromatic rings. The molecule has 0 bridgehead atoms. The van der Waals surface area contributed by atoms with Crippen molar-refractivity contribution in [3.63, 3.8) is 0 Å². The quantitative estimate of drug-likeness (QED) is 0.260. The highest BCUT2D eigenvalue weighted by molar-refractivity contribution is 6.43. The van der Waals surface area contributed by atoms with Gasteiger partial charge in [-0.15, -0.1) is 0 Å². The summed E-state index contributed by atoms with van der Waals surface area (Å²) in [6.07, 6.45) is 1.30. The van der Waals surface area contributed by atoms with E-state index in [0.717, 1.165) is 10.5 Å². The summed E-state index contributed by atoms with van der Waals surface area (Å²) in [5.41, 5.74) is 0.926. The number of carbonyl (C=O) groups excluding carboxylic acids is 3. The fourth-order valence-corrected chi connectivity index (χ4v) is 4.02. The van der Waals surface area contributed by atoms with Gasteiger partial charge < -0.3 is 4.74 Å². The maximum Gasteiger partial charge on any atom is 0.335 e. The molecule has 0 unspecified atom stereocenters. The van der Waals surface area contributed by atoms with E-state index >= 15 is 0 Å². The molecule has 4 amide bonds. The van der Waals surface area contributed by atoms with Crippen molar-refractivity contribution in [2.75, 3.05) is 4.90 Å². The van der Waals surface area contributed by atoms with Gasteiger partial charge in [0, 0.05) is 10.6 Å². The number of nitrogens with one attached hydrogen (secondary N) is 1. The average Bonchev–Trinajstić information content (AvgIpc) is 2.80. The largest absolute Gasteiger partial charge is 0.488 e. The topological polar surface area (TPSA) is 75.7 Å². The number of amides is 4. The molecule has 1 aliphatic rings. The summed E-state index contributed by atoms with van der Waals surface area (Å²) in [6, 6.07) is 13.1. The zero-order valence-corrected chi connectivity index (χ0v) is 21.2. The van der Waals surface area contributed by atoms with Gasteiger partial charge in [-0.2, -0.15) is 0 Å². The molecular weight excluding hydrogens is 558 g/mol. The van der Waals surface area contributed by atoms with E-state index in [1.165, 1.54) is 30.3 Å². The minimum absolute atomic E-state index is 0.128. The van der Waals surface area contributed by atoms with Gasteiger partial charge in [0.25, 0.3) is 11.8 Å². The number of imide groups is 2. The van der Waals surface area contributed by atoms with E-state index in [2.05, 4.69) is 5.32 Å². The first-order valence-electron chi connectivity index (χ1n) is 9.87. The number of benzene rings is 3. The van der Waals surface area contributed by atoms with Gasteiger partial charge in [0.1, 0.15) is 17.9 Å². The van der Waals surface area contributed by atoms with Gasteiger partial charge in [-0.3, -0.25) is 14.9 Å². The Labute approximate surface area is 224 Å². The van der Waals surface area contributed by atoms with Gasteiger partial charge in [-0.25, -0.2) is 9.69 Å². The number of halogens is 5. The first-order valence-corrected chi connectivity index (χ1v) is 11.8. The third kappa shape index (κ3) is 5.58. The Morgan fingerprint density at radius 2 is 1.49 bits per heavy atom. The molecule has 6 nitrogen and oxygen atoms in total. The second-order valence-electron chi connectivity index (χ2n) is 7.28. The number of ether oxygens (including phenoxy) is 1. The van der Waals surface area contributed by atoms with Gasteiger partial charge in [-0.1, -0.05) is 64.1 Å². The Morgan fingerprint density at radius 3 is 2.17 bits per heavy atom. The van der Waals surface area contributed by atoms with Crippen LogP contribution in [0.1, 0.15) is 11.1 Å². The molecule has 178 valence electrons. The van der Waals surface area contributed by atoms with Crippen LogP contribution in [0.3, 0.4) is 0 Å². The highest BCUT2D eigenvalue weighted by atomic mass is 35.5. The number of hydrogen-bond acceptors (Lipinski definition) is 4.